The molecular formula is C12H21BO2. The van der Waals surface area contributed by atoms with Gasteiger partial charge in [0.05, 0.1) is 12.4 Å². The van der Waals surface area contributed by atoms with Gasteiger partial charge in [0.15, 0.2) is 0 Å². The molecule has 0 aromatic heterocycles. The van der Waals surface area contributed by atoms with Gasteiger partial charge in [-0.05, 0) is 50.3 Å². The molecule has 0 aromatic rings. The summed E-state index contributed by atoms with van der Waals surface area (Å²) < 4.78 is 11.2. The Hall–Kier alpha value is -0.435. The van der Waals surface area contributed by atoms with Crippen LogP contribution in [0.25, 0.3) is 0 Å². The molecule has 0 aromatic carbocycles. The molecule has 2 atom stereocenters. The van der Waals surface area contributed by atoms with Crippen molar-refractivity contribution in [3.63, 3.8) is 0 Å². The van der Waals surface area contributed by atoms with E-state index in [0.29, 0.717) is 12.8 Å². The third-order valence-corrected chi connectivity index (χ3v) is 3.94. The highest BCUT2D eigenvalue weighted by Crippen LogP contribution is 2.43. The minimum absolute atomic E-state index is 0.479. The van der Waals surface area contributed by atoms with Gasteiger partial charge in [-0.15, -0.1) is 0 Å². The molecule has 0 saturated carbocycles. The molecule has 2 nitrogen and oxygen atoms in total. The fourth-order valence-electron chi connectivity index (χ4n) is 3.09. The monoisotopic (exact) mass is 208 g/mol. The molecule has 1 aliphatic carbocycles. The van der Waals surface area contributed by atoms with Crippen molar-refractivity contribution in [3.05, 3.63) is 11.3 Å². The van der Waals surface area contributed by atoms with Crippen molar-refractivity contribution < 1.29 is 9.39 Å². The Labute approximate surface area is 93.1 Å². The fourth-order valence-corrected chi connectivity index (χ4v) is 3.09. The van der Waals surface area contributed by atoms with Crippen LogP contribution in [-0.4, -0.2) is 20.6 Å². The van der Waals surface area contributed by atoms with Crippen LogP contribution >= 0.6 is 0 Å². The summed E-state index contributed by atoms with van der Waals surface area (Å²) in [5, 5.41) is 0. The number of fused-ring (bicyclic) bond motifs is 2. The van der Waals surface area contributed by atoms with E-state index in [2.05, 4.69) is 13.8 Å². The van der Waals surface area contributed by atoms with Gasteiger partial charge in [-0.3, -0.25) is 0 Å². The predicted molar refractivity (Wildman–Crippen MR) is 62.9 cm³/mol. The van der Waals surface area contributed by atoms with Crippen molar-refractivity contribution in [1.29, 1.82) is 0 Å². The van der Waals surface area contributed by atoms with Gasteiger partial charge in [0, 0.05) is 13.5 Å². The van der Waals surface area contributed by atoms with Gasteiger partial charge < -0.3 is 9.39 Å². The van der Waals surface area contributed by atoms with E-state index in [-0.39, 0.29) is 0 Å². The molecule has 0 N–H and O–H groups in total. The van der Waals surface area contributed by atoms with E-state index in [0.717, 1.165) is 18.9 Å². The zero-order valence-electron chi connectivity index (χ0n) is 10.1. The van der Waals surface area contributed by atoms with E-state index >= 15 is 0 Å². The van der Waals surface area contributed by atoms with E-state index in [1.54, 1.807) is 0 Å². The van der Waals surface area contributed by atoms with E-state index in [1.807, 2.05) is 7.11 Å². The summed E-state index contributed by atoms with van der Waals surface area (Å²) in [5.41, 5.74) is 1.48. The zero-order chi connectivity index (χ0) is 10.8. The van der Waals surface area contributed by atoms with Crippen LogP contribution in [0.5, 0.6) is 0 Å². The standard InChI is InChI=1S/C12H21BO2/c1-4-15-12-6-10-5-11(9(12)2)8-13(7-10)14-3/h10-11H,4-8H2,1-3H3. The van der Waals surface area contributed by atoms with Crippen LogP contribution in [-0.2, 0) is 9.39 Å². The van der Waals surface area contributed by atoms with Gasteiger partial charge in [0.2, 0.25) is 0 Å². The van der Waals surface area contributed by atoms with Crippen LogP contribution in [0.15, 0.2) is 11.3 Å². The Kier molecular flexibility index (Phi) is 3.40. The second kappa shape index (κ2) is 4.61. The first-order valence-corrected chi connectivity index (χ1v) is 6.09. The zero-order valence-corrected chi connectivity index (χ0v) is 10.1. The molecule has 1 heterocycles. The molecule has 2 unspecified atom stereocenters. The number of rotatable bonds is 3. The Bertz CT molecular complexity index is 262. The molecule has 1 saturated heterocycles. The minimum atomic E-state index is 0.479. The predicted octanol–water partition coefficient (Wildman–Crippen LogP) is 2.97. The van der Waals surface area contributed by atoms with Gasteiger partial charge in [-0.25, -0.2) is 0 Å². The second-order valence-corrected chi connectivity index (χ2v) is 4.87. The van der Waals surface area contributed by atoms with Crippen LogP contribution in [0.2, 0.25) is 12.6 Å². The summed E-state index contributed by atoms with van der Waals surface area (Å²) in [5.74, 6) is 2.77. The fraction of sp³-hybridized carbons (Fsp3) is 0.833. The Morgan fingerprint density at radius 2 is 2.20 bits per heavy atom. The molecule has 1 fully saturated rings. The number of hydrogen-bond donors (Lipinski definition) is 0. The maximum atomic E-state index is 5.74. The molecule has 15 heavy (non-hydrogen) atoms. The summed E-state index contributed by atoms with van der Waals surface area (Å²) >= 11 is 0. The summed E-state index contributed by atoms with van der Waals surface area (Å²) in [4.78, 5) is 0. The Morgan fingerprint density at radius 1 is 1.40 bits per heavy atom. The lowest BCUT2D eigenvalue weighted by atomic mass is 9.47. The number of allylic oxidation sites excluding steroid dienone is 2. The van der Waals surface area contributed by atoms with Crippen molar-refractivity contribution in [3.8, 4) is 0 Å². The molecular weight excluding hydrogens is 187 g/mol. The highest BCUT2D eigenvalue weighted by atomic mass is 16.5. The first kappa shape index (κ1) is 11.1. The van der Waals surface area contributed by atoms with Gasteiger partial charge in [-0.1, -0.05) is 0 Å². The SMILES string of the molecule is CCOC1=C(C)C2CB(OC)CC(C1)C2. The molecule has 1 aliphatic heterocycles. The third-order valence-electron chi connectivity index (χ3n) is 3.94. The Morgan fingerprint density at radius 3 is 2.87 bits per heavy atom. The van der Waals surface area contributed by atoms with Crippen molar-refractivity contribution in [2.75, 3.05) is 13.7 Å². The highest BCUT2D eigenvalue weighted by Gasteiger charge is 2.37. The van der Waals surface area contributed by atoms with E-state index in [1.165, 1.54) is 30.4 Å². The maximum absolute atomic E-state index is 5.74. The molecule has 2 bridgehead atoms. The lowest BCUT2D eigenvalue weighted by Gasteiger charge is -2.38. The van der Waals surface area contributed by atoms with Crippen LogP contribution in [0.1, 0.15) is 26.7 Å². The molecule has 84 valence electrons. The van der Waals surface area contributed by atoms with Crippen LogP contribution < -0.4 is 0 Å². The summed E-state index contributed by atoms with van der Waals surface area (Å²) in [6, 6.07) is 0. The van der Waals surface area contributed by atoms with Crippen molar-refractivity contribution >= 4 is 6.92 Å². The maximum Gasteiger partial charge on any atom is 0.293 e. The van der Waals surface area contributed by atoms with Crippen LogP contribution in [0.4, 0.5) is 0 Å². The lowest BCUT2D eigenvalue weighted by molar-refractivity contribution is 0.178. The molecule has 0 amide bonds. The number of ether oxygens (including phenoxy) is 1. The largest absolute Gasteiger partial charge is 0.498 e. The Balaban J connectivity index is 2.11. The number of hydrogen-bond acceptors (Lipinski definition) is 2. The smallest absolute Gasteiger partial charge is 0.293 e. The van der Waals surface area contributed by atoms with E-state index in [9.17, 15) is 0 Å². The average Bonchev–Trinajstić information content (AvgIpc) is 2.25. The minimum Gasteiger partial charge on any atom is -0.498 e. The van der Waals surface area contributed by atoms with Crippen LogP contribution in [0.3, 0.4) is 0 Å². The molecule has 3 heteroatoms. The quantitative estimate of drug-likeness (QED) is 0.663. The van der Waals surface area contributed by atoms with Gasteiger partial charge in [0.25, 0.3) is 6.92 Å². The summed E-state index contributed by atoms with van der Waals surface area (Å²) in [7, 11) is 1.84. The van der Waals surface area contributed by atoms with Crippen molar-refractivity contribution in [2.24, 2.45) is 11.8 Å². The average molecular weight is 208 g/mol. The van der Waals surface area contributed by atoms with Gasteiger partial charge in [-0.2, -0.15) is 0 Å². The second-order valence-electron chi connectivity index (χ2n) is 4.87. The topological polar surface area (TPSA) is 18.5 Å². The highest BCUT2D eigenvalue weighted by molar-refractivity contribution is 6.52. The van der Waals surface area contributed by atoms with E-state index < -0.39 is 0 Å². The van der Waals surface area contributed by atoms with Crippen molar-refractivity contribution in [1.82, 2.24) is 0 Å². The van der Waals surface area contributed by atoms with Crippen LogP contribution in [0, 0.1) is 11.8 Å². The lowest BCUT2D eigenvalue weighted by Crippen LogP contribution is -2.34. The molecule has 0 spiro atoms. The van der Waals surface area contributed by atoms with Gasteiger partial charge in [0.1, 0.15) is 0 Å². The van der Waals surface area contributed by atoms with Crippen molar-refractivity contribution in [2.45, 2.75) is 39.3 Å². The van der Waals surface area contributed by atoms with Gasteiger partial charge >= 0.3 is 0 Å². The molecule has 2 aliphatic rings. The third kappa shape index (κ3) is 2.22. The first-order valence-electron chi connectivity index (χ1n) is 6.09. The van der Waals surface area contributed by atoms with E-state index in [4.69, 9.17) is 9.39 Å². The summed E-state index contributed by atoms with van der Waals surface area (Å²) in [6.45, 7) is 5.60. The molecule has 2 rings (SSSR count). The normalized spacial score (nSPS) is 30.7. The summed E-state index contributed by atoms with van der Waals surface area (Å²) in [6.07, 6.45) is 4.89. The first-order chi connectivity index (χ1) is 7.24. The molecule has 0 radical (unpaired) electrons.